The van der Waals surface area contributed by atoms with Crippen LogP contribution in [0.15, 0.2) is 48.5 Å². The van der Waals surface area contributed by atoms with Gasteiger partial charge in [-0.15, -0.1) is 0 Å². The summed E-state index contributed by atoms with van der Waals surface area (Å²) >= 11 is 0. The molecule has 4 heteroatoms. The summed E-state index contributed by atoms with van der Waals surface area (Å²) in [5, 5.41) is 3.36. The first kappa shape index (κ1) is 14.1. The van der Waals surface area contributed by atoms with Gasteiger partial charge in [0.2, 0.25) is 0 Å². The fraction of sp³-hybridized carbons (Fsp3) is 0.294. The lowest BCUT2D eigenvalue weighted by atomic mass is 10.1. The Morgan fingerprint density at radius 3 is 2.24 bits per heavy atom. The third-order valence-electron chi connectivity index (χ3n) is 3.90. The minimum Gasteiger partial charge on any atom is -0.309 e. The first-order chi connectivity index (χ1) is 10.0. The van der Waals surface area contributed by atoms with Crippen LogP contribution >= 0.6 is 0 Å². The Balaban J connectivity index is 1.62. The van der Waals surface area contributed by atoms with Gasteiger partial charge in [0.15, 0.2) is 0 Å². The van der Waals surface area contributed by atoms with E-state index in [1.165, 1.54) is 23.3 Å². The van der Waals surface area contributed by atoms with Gasteiger partial charge in [-0.3, -0.25) is 0 Å². The van der Waals surface area contributed by atoms with Gasteiger partial charge in [-0.1, -0.05) is 42.5 Å². The summed E-state index contributed by atoms with van der Waals surface area (Å²) in [4.78, 5) is 0. The van der Waals surface area contributed by atoms with E-state index in [4.69, 9.17) is 0 Å². The maximum atomic E-state index is 12.7. The standard InChI is InChI=1S/C17H16F3N/c18-17(19,20)15-7-3-4-12(8-15)11-21-16-9-13-5-1-2-6-14(13)10-16/h1-8,16,21H,9-11H2. The summed E-state index contributed by atoms with van der Waals surface area (Å²) < 4.78 is 38.0. The van der Waals surface area contributed by atoms with Crippen molar-refractivity contribution < 1.29 is 13.2 Å². The molecule has 0 fully saturated rings. The molecule has 1 aliphatic carbocycles. The van der Waals surface area contributed by atoms with Crippen LogP contribution in [0.3, 0.4) is 0 Å². The number of rotatable bonds is 3. The molecule has 0 heterocycles. The monoisotopic (exact) mass is 291 g/mol. The maximum Gasteiger partial charge on any atom is 0.416 e. The van der Waals surface area contributed by atoms with E-state index in [0.717, 1.165) is 18.9 Å². The molecule has 110 valence electrons. The van der Waals surface area contributed by atoms with Crippen LogP contribution in [-0.2, 0) is 25.6 Å². The Labute approximate surface area is 121 Å². The van der Waals surface area contributed by atoms with E-state index < -0.39 is 11.7 Å². The van der Waals surface area contributed by atoms with Crippen LogP contribution in [0.5, 0.6) is 0 Å². The number of halogens is 3. The summed E-state index contributed by atoms with van der Waals surface area (Å²) in [6.07, 6.45) is -2.40. The van der Waals surface area contributed by atoms with Gasteiger partial charge in [0, 0.05) is 12.6 Å². The van der Waals surface area contributed by atoms with Gasteiger partial charge < -0.3 is 5.32 Å². The van der Waals surface area contributed by atoms with Crippen molar-refractivity contribution in [2.75, 3.05) is 0 Å². The van der Waals surface area contributed by atoms with Gasteiger partial charge >= 0.3 is 6.18 Å². The Hall–Kier alpha value is -1.81. The predicted molar refractivity (Wildman–Crippen MR) is 75.9 cm³/mol. The van der Waals surface area contributed by atoms with E-state index in [9.17, 15) is 13.2 Å². The van der Waals surface area contributed by atoms with Crippen LogP contribution in [0.25, 0.3) is 0 Å². The zero-order valence-electron chi connectivity index (χ0n) is 11.5. The molecule has 0 amide bonds. The van der Waals surface area contributed by atoms with Crippen LogP contribution in [0, 0.1) is 0 Å². The van der Waals surface area contributed by atoms with E-state index in [0.29, 0.717) is 18.2 Å². The molecule has 0 bridgehead atoms. The molecule has 0 unspecified atom stereocenters. The fourth-order valence-corrected chi connectivity index (χ4v) is 2.82. The molecular formula is C17H16F3N. The maximum absolute atomic E-state index is 12.7. The highest BCUT2D eigenvalue weighted by Gasteiger charge is 2.30. The first-order valence-electron chi connectivity index (χ1n) is 6.99. The normalized spacial score (nSPS) is 15.2. The number of hydrogen-bond donors (Lipinski definition) is 1. The molecule has 1 aliphatic rings. The lowest BCUT2D eigenvalue weighted by Gasteiger charge is -2.13. The molecule has 0 aliphatic heterocycles. The number of nitrogens with one attached hydrogen (secondary N) is 1. The Morgan fingerprint density at radius 2 is 1.62 bits per heavy atom. The second-order valence-electron chi connectivity index (χ2n) is 5.45. The highest BCUT2D eigenvalue weighted by Crippen LogP contribution is 2.29. The molecule has 2 aromatic carbocycles. The van der Waals surface area contributed by atoms with Gasteiger partial charge in [0.1, 0.15) is 0 Å². The van der Waals surface area contributed by atoms with Crippen molar-refractivity contribution in [2.24, 2.45) is 0 Å². The molecule has 3 rings (SSSR count). The van der Waals surface area contributed by atoms with E-state index in [1.807, 2.05) is 12.1 Å². The molecule has 2 aromatic rings. The minimum atomic E-state index is -4.28. The average molecular weight is 291 g/mol. The number of alkyl halides is 3. The van der Waals surface area contributed by atoms with E-state index in [-0.39, 0.29) is 0 Å². The Kier molecular flexibility index (Phi) is 3.72. The Bertz CT molecular complexity index is 609. The molecule has 0 radical (unpaired) electrons. The van der Waals surface area contributed by atoms with E-state index in [1.54, 1.807) is 6.07 Å². The third-order valence-corrected chi connectivity index (χ3v) is 3.90. The van der Waals surface area contributed by atoms with Crippen molar-refractivity contribution in [1.29, 1.82) is 0 Å². The van der Waals surface area contributed by atoms with Gasteiger partial charge in [-0.05, 0) is 35.6 Å². The quantitative estimate of drug-likeness (QED) is 0.902. The SMILES string of the molecule is FC(F)(F)c1cccc(CNC2Cc3ccccc3C2)c1. The van der Waals surface area contributed by atoms with Crippen LogP contribution < -0.4 is 5.32 Å². The predicted octanol–water partition coefficient (Wildman–Crippen LogP) is 3.96. The summed E-state index contributed by atoms with van der Waals surface area (Å²) in [6, 6.07) is 14.1. The molecule has 0 saturated carbocycles. The van der Waals surface area contributed by atoms with Crippen molar-refractivity contribution in [2.45, 2.75) is 31.6 Å². The number of fused-ring (bicyclic) bond motifs is 1. The van der Waals surface area contributed by atoms with Gasteiger partial charge in [-0.25, -0.2) is 0 Å². The highest BCUT2D eigenvalue weighted by atomic mass is 19.4. The second kappa shape index (κ2) is 5.53. The van der Waals surface area contributed by atoms with Crippen molar-refractivity contribution in [1.82, 2.24) is 5.32 Å². The average Bonchev–Trinajstić information content (AvgIpc) is 2.87. The molecule has 1 N–H and O–H groups in total. The largest absolute Gasteiger partial charge is 0.416 e. The number of hydrogen-bond acceptors (Lipinski definition) is 1. The van der Waals surface area contributed by atoms with Gasteiger partial charge in [-0.2, -0.15) is 13.2 Å². The minimum absolute atomic E-state index is 0.303. The highest BCUT2D eigenvalue weighted by molar-refractivity contribution is 5.33. The van der Waals surface area contributed by atoms with Crippen molar-refractivity contribution in [3.63, 3.8) is 0 Å². The summed E-state index contributed by atoms with van der Waals surface area (Å²) in [6.45, 7) is 0.461. The molecule has 0 atom stereocenters. The zero-order chi connectivity index (χ0) is 14.9. The smallest absolute Gasteiger partial charge is 0.309 e. The van der Waals surface area contributed by atoms with Gasteiger partial charge in [0.05, 0.1) is 5.56 Å². The second-order valence-corrected chi connectivity index (χ2v) is 5.45. The zero-order valence-corrected chi connectivity index (χ0v) is 11.5. The topological polar surface area (TPSA) is 12.0 Å². The van der Waals surface area contributed by atoms with Crippen LogP contribution in [0.4, 0.5) is 13.2 Å². The molecule has 0 aromatic heterocycles. The molecule has 0 spiro atoms. The molecule has 0 saturated heterocycles. The summed E-state index contributed by atoms with van der Waals surface area (Å²) in [5.41, 5.74) is 2.75. The van der Waals surface area contributed by atoms with Crippen molar-refractivity contribution >= 4 is 0 Å². The molecule has 1 nitrogen and oxygen atoms in total. The van der Waals surface area contributed by atoms with Crippen molar-refractivity contribution in [3.05, 3.63) is 70.8 Å². The summed E-state index contributed by atoms with van der Waals surface area (Å²) in [7, 11) is 0. The van der Waals surface area contributed by atoms with E-state index in [2.05, 4.69) is 17.4 Å². The fourth-order valence-electron chi connectivity index (χ4n) is 2.82. The third kappa shape index (κ3) is 3.27. The lowest BCUT2D eigenvalue weighted by Crippen LogP contribution is -2.29. The van der Waals surface area contributed by atoms with Crippen LogP contribution in [0.1, 0.15) is 22.3 Å². The van der Waals surface area contributed by atoms with Crippen LogP contribution in [-0.4, -0.2) is 6.04 Å². The molecular weight excluding hydrogens is 275 g/mol. The Morgan fingerprint density at radius 1 is 0.952 bits per heavy atom. The van der Waals surface area contributed by atoms with Crippen LogP contribution in [0.2, 0.25) is 0 Å². The van der Waals surface area contributed by atoms with E-state index >= 15 is 0 Å². The first-order valence-corrected chi connectivity index (χ1v) is 6.99. The van der Waals surface area contributed by atoms with Crippen molar-refractivity contribution in [3.8, 4) is 0 Å². The van der Waals surface area contributed by atoms with Gasteiger partial charge in [0.25, 0.3) is 0 Å². The number of benzene rings is 2. The lowest BCUT2D eigenvalue weighted by molar-refractivity contribution is -0.137. The summed E-state index contributed by atoms with van der Waals surface area (Å²) in [5.74, 6) is 0. The molecule has 21 heavy (non-hydrogen) atoms.